The van der Waals surface area contributed by atoms with Gasteiger partial charge in [0, 0.05) is 7.11 Å². The number of hydrogen-bond donors (Lipinski definition) is 1. The number of furan rings is 1. The number of thiazole rings is 1. The third kappa shape index (κ3) is 4.64. The molecule has 124 valence electrons. The SMILES string of the molecule is COCC(=O)c1sc(NC(=O)OC(C)(C)C)nc1-c1ccco1. The lowest BCUT2D eigenvalue weighted by molar-refractivity contribution is 0.0635. The summed E-state index contributed by atoms with van der Waals surface area (Å²) in [7, 11) is 1.44. The molecule has 2 aromatic rings. The molecule has 0 fully saturated rings. The average molecular weight is 338 g/mol. The molecule has 0 aliphatic carbocycles. The first kappa shape index (κ1) is 17.2. The van der Waals surface area contributed by atoms with Gasteiger partial charge in [-0.15, -0.1) is 0 Å². The molecular weight excluding hydrogens is 320 g/mol. The van der Waals surface area contributed by atoms with Crippen LogP contribution in [0.3, 0.4) is 0 Å². The number of hydrogen-bond acceptors (Lipinski definition) is 7. The normalized spacial score (nSPS) is 11.3. The number of nitrogens with one attached hydrogen (secondary N) is 1. The van der Waals surface area contributed by atoms with E-state index in [0.29, 0.717) is 16.3 Å². The van der Waals surface area contributed by atoms with Gasteiger partial charge in [-0.1, -0.05) is 11.3 Å². The second kappa shape index (κ2) is 6.93. The molecule has 7 nitrogen and oxygen atoms in total. The molecule has 0 spiro atoms. The van der Waals surface area contributed by atoms with Gasteiger partial charge in [-0.25, -0.2) is 9.78 Å². The molecule has 0 aliphatic rings. The van der Waals surface area contributed by atoms with Crippen molar-refractivity contribution in [2.45, 2.75) is 26.4 Å². The standard InChI is InChI=1S/C15H18N2O5S/c1-15(2,3)22-14(19)17-13-16-11(10-6-5-7-21-10)12(23-13)9(18)8-20-4/h5-7H,8H2,1-4H3,(H,16,17,19). The Bertz CT molecular complexity index is 685. The Hall–Kier alpha value is -2.19. The summed E-state index contributed by atoms with van der Waals surface area (Å²) in [6.45, 7) is 5.20. The van der Waals surface area contributed by atoms with E-state index in [4.69, 9.17) is 13.9 Å². The van der Waals surface area contributed by atoms with Crippen LogP contribution >= 0.6 is 11.3 Å². The third-order valence-corrected chi connectivity index (χ3v) is 3.53. The third-order valence-electron chi connectivity index (χ3n) is 2.52. The second-order valence-corrected chi connectivity index (χ2v) is 6.66. The van der Waals surface area contributed by atoms with Gasteiger partial charge in [0.2, 0.25) is 5.78 Å². The largest absolute Gasteiger partial charge is 0.463 e. The molecule has 8 heteroatoms. The molecule has 1 amide bonds. The van der Waals surface area contributed by atoms with Crippen molar-refractivity contribution in [3.8, 4) is 11.5 Å². The van der Waals surface area contributed by atoms with E-state index in [1.807, 2.05) is 0 Å². The van der Waals surface area contributed by atoms with E-state index in [2.05, 4.69) is 10.3 Å². The number of aromatic nitrogens is 1. The van der Waals surface area contributed by atoms with Crippen LogP contribution in [0, 0.1) is 0 Å². The summed E-state index contributed by atoms with van der Waals surface area (Å²) in [6, 6.07) is 3.39. The molecule has 0 atom stereocenters. The van der Waals surface area contributed by atoms with Gasteiger partial charge in [-0.05, 0) is 32.9 Å². The number of Topliss-reactive ketones (excluding diaryl/α,β-unsaturated/α-hetero) is 1. The minimum Gasteiger partial charge on any atom is -0.463 e. The van der Waals surface area contributed by atoms with Crippen LogP contribution in [-0.4, -0.2) is 36.2 Å². The lowest BCUT2D eigenvalue weighted by Crippen LogP contribution is -2.27. The molecular formula is C15H18N2O5S. The summed E-state index contributed by atoms with van der Waals surface area (Å²) in [4.78, 5) is 28.6. The number of rotatable bonds is 5. The van der Waals surface area contributed by atoms with Crippen LogP contribution in [0.1, 0.15) is 30.4 Å². The lowest BCUT2D eigenvalue weighted by atomic mass is 10.2. The van der Waals surface area contributed by atoms with E-state index in [9.17, 15) is 9.59 Å². The Balaban J connectivity index is 2.27. The highest BCUT2D eigenvalue weighted by Crippen LogP contribution is 2.32. The van der Waals surface area contributed by atoms with Crippen molar-refractivity contribution in [1.82, 2.24) is 4.98 Å². The van der Waals surface area contributed by atoms with E-state index in [-0.39, 0.29) is 17.5 Å². The number of carbonyl (C=O) groups excluding carboxylic acids is 2. The maximum absolute atomic E-state index is 12.1. The predicted molar refractivity (Wildman–Crippen MR) is 85.9 cm³/mol. The molecule has 0 bridgehead atoms. The number of nitrogens with zero attached hydrogens (tertiary/aromatic N) is 1. The zero-order valence-corrected chi connectivity index (χ0v) is 14.2. The summed E-state index contributed by atoms with van der Waals surface area (Å²) in [5.74, 6) is 0.201. The first-order valence-corrected chi connectivity index (χ1v) is 7.68. The monoisotopic (exact) mass is 338 g/mol. The molecule has 2 aromatic heterocycles. The predicted octanol–water partition coefficient (Wildman–Crippen LogP) is 3.58. The van der Waals surface area contributed by atoms with Gasteiger partial charge in [0.25, 0.3) is 0 Å². The molecule has 0 unspecified atom stereocenters. The molecule has 0 saturated heterocycles. The van der Waals surface area contributed by atoms with Crippen LogP contribution in [0.2, 0.25) is 0 Å². The van der Waals surface area contributed by atoms with E-state index in [0.717, 1.165) is 11.3 Å². The minimum absolute atomic E-state index is 0.0816. The Morgan fingerprint density at radius 3 is 2.70 bits per heavy atom. The number of anilines is 1. The molecule has 1 N–H and O–H groups in total. The fourth-order valence-electron chi connectivity index (χ4n) is 1.73. The van der Waals surface area contributed by atoms with Gasteiger partial charge in [0.15, 0.2) is 10.9 Å². The number of methoxy groups -OCH3 is 1. The Kier molecular flexibility index (Phi) is 5.17. The first-order valence-electron chi connectivity index (χ1n) is 6.87. The van der Waals surface area contributed by atoms with Crippen molar-refractivity contribution in [3.63, 3.8) is 0 Å². The van der Waals surface area contributed by atoms with Crippen molar-refractivity contribution in [3.05, 3.63) is 23.3 Å². The second-order valence-electron chi connectivity index (χ2n) is 5.66. The van der Waals surface area contributed by atoms with Gasteiger partial charge in [0.05, 0.1) is 6.26 Å². The summed E-state index contributed by atoms with van der Waals surface area (Å²) < 4.78 is 15.3. The van der Waals surface area contributed by atoms with Crippen molar-refractivity contribution in [2.75, 3.05) is 19.0 Å². The zero-order valence-electron chi connectivity index (χ0n) is 13.3. The summed E-state index contributed by atoms with van der Waals surface area (Å²) >= 11 is 1.05. The van der Waals surface area contributed by atoms with Crippen LogP contribution in [0.4, 0.5) is 9.93 Å². The van der Waals surface area contributed by atoms with Gasteiger partial charge in [-0.2, -0.15) is 0 Å². The van der Waals surface area contributed by atoms with Crippen LogP contribution in [0.5, 0.6) is 0 Å². The fourth-order valence-corrected chi connectivity index (χ4v) is 2.61. The van der Waals surface area contributed by atoms with Crippen molar-refractivity contribution < 1.29 is 23.5 Å². The quantitative estimate of drug-likeness (QED) is 0.838. The van der Waals surface area contributed by atoms with E-state index < -0.39 is 11.7 Å². The highest BCUT2D eigenvalue weighted by atomic mass is 32.1. The van der Waals surface area contributed by atoms with Gasteiger partial charge in [-0.3, -0.25) is 10.1 Å². The molecule has 0 saturated carbocycles. The average Bonchev–Trinajstić information content (AvgIpc) is 3.04. The number of amides is 1. The fraction of sp³-hybridized carbons (Fsp3) is 0.400. The van der Waals surface area contributed by atoms with E-state index in [1.54, 1.807) is 32.9 Å². The van der Waals surface area contributed by atoms with Crippen molar-refractivity contribution in [1.29, 1.82) is 0 Å². The zero-order chi connectivity index (χ0) is 17.0. The number of carbonyl (C=O) groups is 2. The molecule has 2 rings (SSSR count). The maximum Gasteiger partial charge on any atom is 0.413 e. The van der Waals surface area contributed by atoms with Crippen molar-refractivity contribution >= 4 is 28.3 Å². The molecule has 0 aliphatic heterocycles. The van der Waals surface area contributed by atoms with Crippen LogP contribution in [0.15, 0.2) is 22.8 Å². The van der Waals surface area contributed by atoms with Gasteiger partial charge < -0.3 is 13.9 Å². The van der Waals surface area contributed by atoms with Gasteiger partial charge in [0.1, 0.15) is 22.8 Å². The molecule has 0 aromatic carbocycles. The highest BCUT2D eigenvalue weighted by Gasteiger charge is 2.23. The first-order chi connectivity index (χ1) is 10.8. The Morgan fingerprint density at radius 1 is 1.39 bits per heavy atom. The Labute approximate surface area is 137 Å². The number of ketones is 1. The van der Waals surface area contributed by atoms with Crippen LogP contribution in [-0.2, 0) is 9.47 Å². The van der Waals surface area contributed by atoms with Gasteiger partial charge >= 0.3 is 6.09 Å². The van der Waals surface area contributed by atoms with Crippen LogP contribution in [0.25, 0.3) is 11.5 Å². The summed E-state index contributed by atoms with van der Waals surface area (Å²) in [5, 5.41) is 2.78. The smallest absolute Gasteiger partial charge is 0.413 e. The number of ether oxygens (including phenoxy) is 2. The lowest BCUT2D eigenvalue weighted by Gasteiger charge is -2.18. The molecule has 23 heavy (non-hydrogen) atoms. The summed E-state index contributed by atoms with van der Waals surface area (Å²) in [5.41, 5.74) is -0.256. The Morgan fingerprint density at radius 2 is 2.13 bits per heavy atom. The van der Waals surface area contributed by atoms with Crippen molar-refractivity contribution in [2.24, 2.45) is 0 Å². The van der Waals surface area contributed by atoms with Crippen LogP contribution < -0.4 is 5.32 Å². The minimum atomic E-state index is -0.636. The highest BCUT2D eigenvalue weighted by molar-refractivity contribution is 7.18. The maximum atomic E-state index is 12.1. The molecule has 2 heterocycles. The van der Waals surface area contributed by atoms with E-state index in [1.165, 1.54) is 13.4 Å². The van der Waals surface area contributed by atoms with E-state index >= 15 is 0 Å². The topological polar surface area (TPSA) is 90.7 Å². The summed E-state index contributed by atoms with van der Waals surface area (Å²) in [6.07, 6.45) is 0.850. The molecule has 0 radical (unpaired) electrons.